The molecule has 0 bridgehead atoms. The summed E-state index contributed by atoms with van der Waals surface area (Å²) in [5.74, 6) is 0.900. The van der Waals surface area contributed by atoms with Gasteiger partial charge in [-0.15, -0.1) is 10.2 Å². The number of hydrogen-bond donors (Lipinski definition) is 1. The molecular formula is C21H21N3O3. The van der Waals surface area contributed by atoms with Gasteiger partial charge in [-0.2, -0.15) is 0 Å². The molecule has 1 aliphatic carbocycles. The van der Waals surface area contributed by atoms with Crippen molar-refractivity contribution >= 4 is 5.91 Å². The lowest BCUT2D eigenvalue weighted by molar-refractivity contribution is 0.0951. The van der Waals surface area contributed by atoms with Crippen LogP contribution in [-0.2, 0) is 11.3 Å². The summed E-state index contributed by atoms with van der Waals surface area (Å²) < 4.78 is 10.6. The number of aromatic nitrogens is 2. The number of hydrogen-bond acceptors (Lipinski definition) is 5. The lowest BCUT2D eigenvalue weighted by Crippen LogP contribution is -2.25. The second-order valence-corrected chi connectivity index (χ2v) is 6.79. The van der Waals surface area contributed by atoms with Gasteiger partial charge in [0.05, 0.1) is 0 Å². The molecule has 1 N–H and O–H groups in total. The van der Waals surface area contributed by atoms with Gasteiger partial charge in [0.2, 0.25) is 11.8 Å². The Morgan fingerprint density at radius 1 is 1.15 bits per heavy atom. The summed E-state index contributed by atoms with van der Waals surface area (Å²) in [7, 11) is 1.58. The largest absolute Gasteiger partial charge is 0.418 e. The molecule has 138 valence electrons. The highest BCUT2D eigenvalue weighted by atomic mass is 16.5. The number of rotatable bonds is 6. The first-order valence-corrected chi connectivity index (χ1v) is 8.97. The van der Waals surface area contributed by atoms with E-state index < -0.39 is 0 Å². The third kappa shape index (κ3) is 3.90. The van der Waals surface area contributed by atoms with Crippen LogP contribution in [0.3, 0.4) is 0 Å². The topological polar surface area (TPSA) is 77.2 Å². The Morgan fingerprint density at radius 3 is 2.59 bits per heavy atom. The van der Waals surface area contributed by atoms with Crippen LogP contribution < -0.4 is 5.32 Å². The Bertz CT molecular complexity index is 959. The molecule has 0 unspecified atom stereocenters. The molecular weight excluding hydrogens is 342 g/mol. The van der Waals surface area contributed by atoms with Crippen molar-refractivity contribution < 1.29 is 13.9 Å². The van der Waals surface area contributed by atoms with E-state index >= 15 is 0 Å². The molecule has 1 saturated carbocycles. The Labute approximate surface area is 157 Å². The smallest absolute Gasteiger partial charge is 0.251 e. The van der Waals surface area contributed by atoms with Gasteiger partial charge in [-0.3, -0.25) is 4.79 Å². The van der Waals surface area contributed by atoms with Gasteiger partial charge >= 0.3 is 0 Å². The van der Waals surface area contributed by atoms with Crippen molar-refractivity contribution in [1.29, 1.82) is 0 Å². The fourth-order valence-corrected chi connectivity index (χ4v) is 2.92. The standard InChI is InChI=1S/C21H21N3O3/c1-13-3-4-16(20(25)22-17-9-10-17)11-18(13)14-5-7-15(8-6-14)21-24-23-19(27-21)12-26-2/h3-8,11,17H,9-10,12H2,1-2H3,(H,22,25). The summed E-state index contributed by atoms with van der Waals surface area (Å²) in [6.45, 7) is 2.33. The van der Waals surface area contributed by atoms with Crippen molar-refractivity contribution in [1.82, 2.24) is 15.5 Å². The summed E-state index contributed by atoms with van der Waals surface area (Å²) >= 11 is 0. The molecule has 3 aromatic rings. The maximum Gasteiger partial charge on any atom is 0.251 e. The van der Waals surface area contributed by atoms with Crippen LogP contribution in [0.5, 0.6) is 0 Å². The Hall–Kier alpha value is -2.99. The highest BCUT2D eigenvalue weighted by Crippen LogP contribution is 2.28. The zero-order valence-corrected chi connectivity index (χ0v) is 15.4. The van der Waals surface area contributed by atoms with Gasteiger partial charge in [0.25, 0.3) is 5.91 Å². The highest BCUT2D eigenvalue weighted by molar-refractivity contribution is 5.96. The van der Waals surface area contributed by atoms with E-state index in [0.717, 1.165) is 35.1 Å². The van der Waals surface area contributed by atoms with Crippen molar-refractivity contribution in [2.24, 2.45) is 0 Å². The molecule has 0 aliphatic heterocycles. The van der Waals surface area contributed by atoms with E-state index in [-0.39, 0.29) is 5.91 Å². The SMILES string of the molecule is COCc1nnc(-c2ccc(-c3cc(C(=O)NC4CC4)ccc3C)cc2)o1. The monoisotopic (exact) mass is 363 g/mol. The van der Waals surface area contributed by atoms with E-state index in [9.17, 15) is 4.79 Å². The second kappa shape index (κ2) is 7.32. The number of nitrogens with one attached hydrogen (secondary N) is 1. The number of methoxy groups -OCH3 is 1. The highest BCUT2D eigenvalue weighted by Gasteiger charge is 2.24. The van der Waals surface area contributed by atoms with Crippen molar-refractivity contribution in [3.8, 4) is 22.6 Å². The van der Waals surface area contributed by atoms with Crippen molar-refractivity contribution in [2.75, 3.05) is 7.11 Å². The van der Waals surface area contributed by atoms with E-state index in [0.29, 0.717) is 30.0 Å². The first kappa shape index (κ1) is 17.4. The van der Waals surface area contributed by atoms with E-state index in [1.165, 1.54) is 0 Å². The molecule has 1 fully saturated rings. The average Bonchev–Trinajstić information content (AvgIpc) is 3.37. The van der Waals surface area contributed by atoms with Crippen molar-refractivity contribution in [2.45, 2.75) is 32.4 Å². The molecule has 1 heterocycles. The van der Waals surface area contributed by atoms with Crippen LogP contribution in [0.15, 0.2) is 46.9 Å². The van der Waals surface area contributed by atoms with E-state index in [1.54, 1.807) is 7.11 Å². The fourth-order valence-electron chi connectivity index (χ4n) is 2.92. The van der Waals surface area contributed by atoms with Crippen LogP contribution in [0.4, 0.5) is 0 Å². The predicted molar refractivity (Wildman–Crippen MR) is 101 cm³/mol. The molecule has 1 aromatic heterocycles. The number of carbonyl (C=O) groups excluding carboxylic acids is 1. The van der Waals surface area contributed by atoms with Crippen LogP contribution in [-0.4, -0.2) is 29.3 Å². The van der Waals surface area contributed by atoms with E-state index in [1.807, 2.05) is 49.4 Å². The molecule has 6 nitrogen and oxygen atoms in total. The van der Waals surface area contributed by atoms with Crippen molar-refractivity contribution in [3.63, 3.8) is 0 Å². The van der Waals surface area contributed by atoms with Gasteiger partial charge in [0.15, 0.2) is 0 Å². The molecule has 0 atom stereocenters. The average molecular weight is 363 g/mol. The minimum absolute atomic E-state index is 0.00750. The van der Waals surface area contributed by atoms with Crippen LogP contribution in [0.2, 0.25) is 0 Å². The van der Waals surface area contributed by atoms with Crippen LogP contribution >= 0.6 is 0 Å². The molecule has 6 heteroatoms. The third-order valence-electron chi connectivity index (χ3n) is 4.59. The summed E-state index contributed by atoms with van der Waals surface area (Å²) in [6, 6.07) is 14.0. The van der Waals surface area contributed by atoms with E-state index in [4.69, 9.17) is 9.15 Å². The molecule has 0 saturated heterocycles. The van der Waals surface area contributed by atoms with Crippen LogP contribution in [0, 0.1) is 6.92 Å². The van der Waals surface area contributed by atoms with Crippen LogP contribution in [0.25, 0.3) is 22.6 Å². The lowest BCUT2D eigenvalue weighted by atomic mass is 9.97. The minimum atomic E-state index is -0.00750. The Balaban J connectivity index is 1.58. The number of carbonyl (C=O) groups is 1. The van der Waals surface area contributed by atoms with Crippen LogP contribution in [0.1, 0.15) is 34.7 Å². The molecule has 1 amide bonds. The zero-order chi connectivity index (χ0) is 18.8. The van der Waals surface area contributed by atoms with Gasteiger partial charge in [-0.05, 0) is 60.7 Å². The first-order chi connectivity index (χ1) is 13.1. The quantitative estimate of drug-likeness (QED) is 0.722. The third-order valence-corrected chi connectivity index (χ3v) is 4.59. The zero-order valence-electron chi connectivity index (χ0n) is 15.4. The second-order valence-electron chi connectivity index (χ2n) is 6.79. The molecule has 0 radical (unpaired) electrons. The minimum Gasteiger partial charge on any atom is -0.418 e. The van der Waals surface area contributed by atoms with Gasteiger partial charge in [-0.1, -0.05) is 18.2 Å². The predicted octanol–water partition coefficient (Wildman–Crippen LogP) is 3.75. The number of ether oxygens (including phenoxy) is 1. The maximum absolute atomic E-state index is 12.3. The van der Waals surface area contributed by atoms with Gasteiger partial charge in [-0.25, -0.2) is 0 Å². The summed E-state index contributed by atoms with van der Waals surface area (Å²) in [4.78, 5) is 12.3. The fraction of sp³-hybridized carbons (Fsp3) is 0.286. The lowest BCUT2D eigenvalue weighted by Gasteiger charge is -2.10. The first-order valence-electron chi connectivity index (χ1n) is 8.97. The molecule has 1 aliphatic rings. The Kier molecular flexibility index (Phi) is 4.73. The Morgan fingerprint density at radius 2 is 1.89 bits per heavy atom. The number of benzene rings is 2. The number of nitrogens with zero attached hydrogens (tertiary/aromatic N) is 2. The number of amides is 1. The van der Waals surface area contributed by atoms with E-state index in [2.05, 4.69) is 15.5 Å². The number of aryl methyl sites for hydroxylation is 1. The summed E-state index contributed by atoms with van der Waals surface area (Å²) in [6.07, 6.45) is 2.15. The summed E-state index contributed by atoms with van der Waals surface area (Å²) in [5.41, 5.74) is 4.72. The van der Waals surface area contributed by atoms with Gasteiger partial charge in [0, 0.05) is 24.3 Å². The molecule has 4 rings (SSSR count). The molecule has 27 heavy (non-hydrogen) atoms. The van der Waals surface area contributed by atoms with Gasteiger partial charge < -0.3 is 14.5 Å². The summed E-state index contributed by atoms with van der Waals surface area (Å²) in [5, 5.41) is 11.0. The maximum atomic E-state index is 12.3. The molecule has 2 aromatic carbocycles. The normalized spacial score (nSPS) is 13.6. The van der Waals surface area contributed by atoms with Crippen molar-refractivity contribution in [3.05, 3.63) is 59.5 Å². The molecule has 0 spiro atoms. The van der Waals surface area contributed by atoms with Gasteiger partial charge in [0.1, 0.15) is 6.61 Å².